The highest BCUT2D eigenvalue weighted by Gasteiger charge is 2.45. The SMILES string of the molecule is COc1ccccc1-c1c(P(=O)(C2CCCCC2)C2CCCCC2)cc2ccccc2c1OC. The molecular weight excluding hydrogens is 439 g/mol. The fraction of sp³-hybridized carbons (Fsp3) is 0.467. The molecule has 0 aliphatic heterocycles. The number of fused-ring (bicyclic) bond motifs is 1. The van der Waals surface area contributed by atoms with Crippen molar-refractivity contribution in [3.63, 3.8) is 0 Å². The Morgan fingerprint density at radius 3 is 1.94 bits per heavy atom. The van der Waals surface area contributed by atoms with E-state index in [0.29, 0.717) is 0 Å². The molecular formula is C30H37O3P. The lowest BCUT2D eigenvalue weighted by Gasteiger charge is -2.40. The predicted octanol–water partition coefficient (Wildman–Crippen LogP) is 8.18. The minimum atomic E-state index is -2.74. The number of rotatable bonds is 6. The number of hydrogen-bond acceptors (Lipinski definition) is 3. The van der Waals surface area contributed by atoms with Gasteiger partial charge in [-0.15, -0.1) is 0 Å². The Balaban J connectivity index is 1.85. The van der Waals surface area contributed by atoms with Crippen LogP contribution < -0.4 is 14.8 Å². The Labute approximate surface area is 204 Å². The predicted molar refractivity (Wildman–Crippen MR) is 143 cm³/mol. The summed E-state index contributed by atoms with van der Waals surface area (Å²) in [6.45, 7) is 0. The quantitative estimate of drug-likeness (QED) is 0.337. The molecule has 0 aromatic heterocycles. The first-order valence-corrected chi connectivity index (χ1v) is 14.9. The molecule has 0 bridgehead atoms. The normalized spacial score (nSPS) is 18.2. The van der Waals surface area contributed by atoms with Crippen LogP contribution in [-0.2, 0) is 4.57 Å². The van der Waals surface area contributed by atoms with Crippen molar-refractivity contribution in [2.24, 2.45) is 0 Å². The molecule has 0 unspecified atom stereocenters. The molecule has 4 heteroatoms. The lowest BCUT2D eigenvalue weighted by molar-refractivity contribution is 0.412. The second-order valence-corrected chi connectivity index (χ2v) is 13.4. The van der Waals surface area contributed by atoms with Gasteiger partial charge in [-0.1, -0.05) is 81.0 Å². The van der Waals surface area contributed by atoms with Gasteiger partial charge in [-0.2, -0.15) is 0 Å². The van der Waals surface area contributed by atoms with Crippen molar-refractivity contribution in [2.45, 2.75) is 75.5 Å². The Kier molecular flexibility index (Phi) is 7.02. The fourth-order valence-corrected chi connectivity index (χ4v) is 11.1. The fourth-order valence-electron chi connectivity index (χ4n) is 6.52. The van der Waals surface area contributed by atoms with E-state index < -0.39 is 7.14 Å². The number of para-hydroxylation sites is 1. The van der Waals surface area contributed by atoms with Crippen LogP contribution in [0.25, 0.3) is 21.9 Å². The van der Waals surface area contributed by atoms with Gasteiger partial charge in [0, 0.05) is 33.1 Å². The van der Waals surface area contributed by atoms with Crippen LogP contribution in [0.1, 0.15) is 64.2 Å². The zero-order chi connectivity index (χ0) is 23.5. The maximum Gasteiger partial charge on any atom is 0.135 e. The Hall–Kier alpha value is -2.25. The van der Waals surface area contributed by atoms with Crippen LogP contribution in [-0.4, -0.2) is 25.5 Å². The molecule has 3 aromatic carbocycles. The van der Waals surface area contributed by atoms with Gasteiger partial charge in [0.15, 0.2) is 0 Å². The van der Waals surface area contributed by atoms with Gasteiger partial charge in [-0.05, 0) is 43.2 Å². The van der Waals surface area contributed by atoms with E-state index in [0.717, 1.165) is 64.4 Å². The summed E-state index contributed by atoms with van der Waals surface area (Å²) < 4.78 is 27.7. The Morgan fingerprint density at radius 2 is 1.32 bits per heavy atom. The molecule has 5 rings (SSSR count). The van der Waals surface area contributed by atoms with Crippen molar-refractivity contribution < 1.29 is 14.0 Å². The summed E-state index contributed by atoms with van der Waals surface area (Å²) in [5.41, 5.74) is 2.50. The van der Waals surface area contributed by atoms with Crippen molar-refractivity contribution in [3.05, 3.63) is 54.6 Å². The monoisotopic (exact) mass is 476 g/mol. The zero-order valence-corrected chi connectivity index (χ0v) is 21.5. The summed E-state index contributed by atoms with van der Waals surface area (Å²) >= 11 is 0. The molecule has 3 nitrogen and oxygen atoms in total. The largest absolute Gasteiger partial charge is 0.496 e. The highest BCUT2D eigenvalue weighted by molar-refractivity contribution is 7.73. The van der Waals surface area contributed by atoms with Gasteiger partial charge in [0.25, 0.3) is 0 Å². The molecule has 0 saturated heterocycles. The minimum absolute atomic E-state index is 0.267. The van der Waals surface area contributed by atoms with Gasteiger partial charge in [-0.3, -0.25) is 0 Å². The van der Waals surface area contributed by atoms with E-state index in [1.165, 1.54) is 38.5 Å². The van der Waals surface area contributed by atoms with Crippen molar-refractivity contribution in [1.82, 2.24) is 0 Å². The van der Waals surface area contributed by atoms with Crippen molar-refractivity contribution in [3.8, 4) is 22.6 Å². The van der Waals surface area contributed by atoms with Gasteiger partial charge in [0.05, 0.1) is 14.2 Å². The van der Waals surface area contributed by atoms with E-state index in [4.69, 9.17) is 9.47 Å². The Bertz CT molecular complexity index is 1170. The van der Waals surface area contributed by atoms with Gasteiger partial charge in [0.2, 0.25) is 0 Å². The van der Waals surface area contributed by atoms with Crippen LogP contribution in [0.15, 0.2) is 54.6 Å². The first-order chi connectivity index (χ1) is 16.7. The van der Waals surface area contributed by atoms with E-state index in [9.17, 15) is 0 Å². The molecule has 2 saturated carbocycles. The molecule has 2 fully saturated rings. The molecule has 0 radical (unpaired) electrons. The summed E-state index contributed by atoms with van der Waals surface area (Å²) in [7, 11) is 0.727. The zero-order valence-electron chi connectivity index (χ0n) is 20.6. The van der Waals surface area contributed by atoms with Crippen LogP contribution >= 0.6 is 7.14 Å². The number of ether oxygens (including phenoxy) is 2. The van der Waals surface area contributed by atoms with Crippen LogP contribution in [0.2, 0.25) is 0 Å². The molecule has 0 amide bonds. The van der Waals surface area contributed by atoms with Gasteiger partial charge >= 0.3 is 0 Å². The molecule has 0 N–H and O–H groups in total. The molecule has 34 heavy (non-hydrogen) atoms. The van der Waals surface area contributed by atoms with Crippen molar-refractivity contribution >= 4 is 23.2 Å². The second kappa shape index (κ2) is 10.2. The van der Waals surface area contributed by atoms with Gasteiger partial charge < -0.3 is 14.0 Å². The summed E-state index contributed by atoms with van der Waals surface area (Å²) in [4.78, 5) is 0. The van der Waals surface area contributed by atoms with Crippen LogP contribution in [0.3, 0.4) is 0 Å². The minimum Gasteiger partial charge on any atom is -0.496 e. The summed E-state index contributed by atoms with van der Waals surface area (Å²) in [6.07, 6.45) is 11.6. The molecule has 0 spiro atoms. The summed E-state index contributed by atoms with van der Waals surface area (Å²) in [5.74, 6) is 1.63. The van der Waals surface area contributed by atoms with Crippen LogP contribution in [0, 0.1) is 0 Å². The molecule has 0 atom stereocenters. The van der Waals surface area contributed by atoms with E-state index in [1.54, 1.807) is 14.2 Å². The summed E-state index contributed by atoms with van der Waals surface area (Å²) in [5, 5.41) is 3.21. The molecule has 3 aromatic rings. The van der Waals surface area contributed by atoms with E-state index in [1.807, 2.05) is 18.2 Å². The second-order valence-electron chi connectivity index (χ2n) is 10.0. The average Bonchev–Trinajstić information content (AvgIpc) is 2.92. The first kappa shape index (κ1) is 23.5. The highest BCUT2D eigenvalue weighted by Crippen LogP contribution is 2.64. The standard InChI is InChI=1S/C30H37O3P/c1-32-27-20-12-11-19-26(27)29-28(21-22-13-9-10-18-25(22)30(29)33-2)34(31,23-14-5-3-6-15-23)24-16-7-4-8-17-24/h9-13,18-21,23-24H,3-8,14-17H2,1-2H3. The lowest BCUT2D eigenvalue weighted by atomic mass is 9.98. The van der Waals surface area contributed by atoms with Crippen LogP contribution in [0.4, 0.5) is 0 Å². The van der Waals surface area contributed by atoms with Crippen LogP contribution in [0.5, 0.6) is 11.5 Å². The highest BCUT2D eigenvalue weighted by atomic mass is 31.2. The van der Waals surface area contributed by atoms with Gasteiger partial charge in [0.1, 0.15) is 18.6 Å². The lowest BCUT2D eigenvalue weighted by Crippen LogP contribution is -2.31. The third-order valence-electron chi connectivity index (χ3n) is 8.17. The van der Waals surface area contributed by atoms with E-state index in [2.05, 4.69) is 36.4 Å². The maximum absolute atomic E-state index is 15.7. The number of methoxy groups -OCH3 is 2. The molecule has 2 aliphatic rings. The third kappa shape index (κ3) is 4.07. The number of benzene rings is 3. The average molecular weight is 477 g/mol. The van der Waals surface area contributed by atoms with Crippen molar-refractivity contribution in [2.75, 3.05) is 14.2 Å². The Morgan fingerprint density at radius 1 is 0.735 bits per heavy atom. The first-order valence-electron chi connectivity index (χ1n) is 13.0. The van der Waals surface area contributed by atoms with Crippen molar-refractivity contribution in [1.29, 1.82) is 0 Å². The smallest absolute Gasteiger partial charge is 0.135 e. The molecule has 0 heterocycles. The summed E-state index contributed by atoms with van der Waals surface area (Å²) in [6, 6.07) is 18.8. The van der Waals surface area contributed by atoms with E-state index >= 15 is 4.57 Å². The van der Waals surface area contributed by atoms with Gasteiger partial charge in [-0.25, -0.2) is 0 Å². The maximum atomic E-state index is 15.7. The molecule has 180 valence electrons. The topological polar surface area (TPSA) is 35.5 Å². The van der Waals surface area contributed by atoms with E-state index in [-0.39, 0.29) is 11.3 Å². The third-order valence-corrected chi connectivity index (χ3v) is 12.5. The molecule has 2 aliphatic carbocycles. The number of hydrogen-bond donors (Lipinski definition) is 0.